The van der Waals surface area contributed by atoms with E-state index in [4.69, 9.17) is 0 Å². The lowest BCUT2D eigenvalue weighted by atomic mass is 10.0. The number of hydrogen-bond donors (Lipinski definition) is 1. The molecule has 1 aromatic carbocycles. The van der Waals surface area contributed by atoms with E-state index < -0.39 is 0 Å². The summed E-state index contributed by atoms with van der Waals surface area (Å²) in [6.07, 6.45) is 2.31. The van der Waals surface area contributed by atoms with Crippen LogP contribution in [0.4, 0.5) is 0 Å². The smallest absolute Gasteiger partial charge is 0.251 e. The minimum absolute atomic E-state index is 0.122. The standard InChI is InChI=1S/C20H26N6O/c1-13(2)10-18(19-21-12-22-25(19)5)23-20(27)16-6-8-17(9-7-16)26-15(4)11-14(3)24-26/h6-9,11-13,18H,10H2,1-5H3,(H,23,27)/t18-/m0/s1. The molecule has 0 unspecified atom stereocenters. The summed E-state index contributed by atoms with van der Waals surface area (Å²) in [7, 11) is 1.84. The monoisotopic (exact) mass is 366 g/mol. The zero-order valence-electron chi connectivity index (χ0n) is 16.5. The van der Waals surface area contributed by atoms with E-state index in [2.05, 4.69) is 34.3 Å². The van der Waals surface area contributed by atoms with Crippen LogP contribution in [0.5, 0.6) is 0 Å². The Balaban J connectivity index is 1.78. The summed E-state index contributed by atoms with van der Waals surface area (Å²) in [6.45, 7) is 8.22. The topological polar surface area (TPSA) is 77.6 Å². The van der Waals surface area contributed by atoms with E-state index in [-0.39, 0.29) is 11.9 Å². The van der Waals surface area contributed by atoms with Crippen LogP contribution in [-0.4, -0.2) is 30.5 Å². The van der Waals surface area contributed by atoms with Gasteiger partial charge in [0.1, 0.15) is 12.2 Å². The summed E-state index contributed by atoms with van der Waals surface area (Å²) in [6, 6.07) is 9.31. The highest BCUT2D eigenvalue weighted by Crippen LogP contribution is 2.20. The van der Waals surface area contributed by atoms with Gasteiger partial charge in [0, 0.05) is 18.3 Å². The molecule has 0 saturated heterocycles. The van der Waals surface area contributed by atoms with Crippen LogP contribution in [0.15, 0.2) is 36.7 Å². The molecule has 3 rings (SSSR count). The maximum Gasteiger partial charge on any atom is 0.251 e. The number of nitrogens with one attached hydrogen (secondary N) is 1. The van der Waals surface area contributed by atoms with Crippen molar-refractivity contribution in [2.75, 3.05) is 0 Å². The van der Waals surface area contributed by atoms with Gasteiger partial charge in [-0.2, -0.15) is 10.2 Å². The molecule has 0 bridgehead atoms. The van der Waals surface area contributed by atoms with Crippen molar-refractivity contribution in [3.8, 4) is 5.69 Å². The molecule has 0 radical (unpaired) electrons. The Morgan fingerprint density at radius 3 is 2.41 bits per heavy atom. The predicted molar refractivity (Wildman–Crippen MR) is 104 cm³/mol. The fourth-order valence-corrected chi connectivity index (χ4v) is 3.21. The van der Waals surface area contributed by atoms with E-state index >= 15 is 0 Å². The number of amides is 1. The van der Waals surface area contributed by atoms with Crippen LogP contribution >= 0.6 is 0 Å². The van der Waals surface area contributed by atoms with Gasteiger partial charge >= 0.3 is 0 Å². The second-order valence-electron chi connectivity index (χ2n) is 7.28. The molecule has 27 heavy (non-hydrogen) atoms. The van der Waals surface area contributed by atoms with Gasteiger partial charge in [-0.05, 0) is 56.5 Å². The van der Waals surface area contributed by atoms with E-state index in [1.807, 2.05) is 55.9 Å². The highest BCUT2D eigenvalue weighted by atomic mass is 16.1. The summed E-state index contributed by atoms with van der Waals surface area (Å²) in [5.74, 6) is 1.06. The second-order valence-corrected chi connectivity index (χ2v) is 7.28. The first-order valence-corrected chi connectivity index (χ1v) is 9.13. The number of carbonyl (C=O) groups is 1. The molecule has 0 fully saturated rings. The molecule has 0 spiro atoms. The van der Waals surface area contributed by atoms with Crippen molar-refractivity contribution in [2.45, 2.75) is 40.2 Å². The highest BCUT2D eigenvalue weighted by molar-refractivity contribution is 5.94. The van der Waals surface area contributed by atoms with Crippen LogP contribution in [0.25, 0.3) is 5.69 Å². The summed E-state index contributed by atoms with van der Waals surface area (Å²) in [5.41, 5.74) is 3.57. The maximum atomic E-state index is 12.8. The Hall–Kier alpha value is -2.96. The van der Waals surface area contributed by atoms with Gasteiger partial charge in [0.25, 0.3) is 5.91 Å². The number of aromatic nitrogens is 5. The van der Waals surface area contributed by atoms with Crippen LogP contribution < -0.4 is 5.32 Å². The van der Waals surface area contributed by atoms with Crippen molar-refractivity contribution in [3.05, 3.63) is 59.4 Å². The molecule has 142 valence electrons. The van der Waals surface area contributed by atoms with Crippen LogP contribution in [-0.2, 0) is 7.05 Å². The average Bonchev–Trinajstić information content (AvgIpc) is 3.18. The molecule has 3 aromatic rings. The molecule has 7 heteroatoms. The zero-order chi connectivity index (χ0) is 19.6. The van der Waals surface area contributed by atoms with Gasteiger partial charge in [-0.25, -0.2) is 9.67 Å². The van der Waals surface area contributed by atoms with Crippen molar-refractivity contribution in [1.82, 2.24) is 29.9 Å². The summed E-state index contributed by atoms with van der Waals surface area (Å²) in [5, 5.41) is 11.7. The molecule has 1 atom stereocenters. The lowest BCUT2D eigenvalue weighted by Gasteiger charge is -2.20. The predicted octanol–water partition coefficient (Wildman–Crippen LogP) is 3.13. The quantitative estimate of drug-likeness (QED) is 0.727. The molecule has 0 saturated carbocycles. The molecule has 2 aromatic heterocycles. The van der Waals surface area contributed by atoms with Crippen LogP contribution in [0, 0.1) is 19.8 Å². The molecule has 1 amide bonds. The molecular weight excluding hydrogens is 340 g/mol. The van der Waals surface area contributed by atoms with E-state index in [9.17, 15) is 4.79 Å². The Bertz CT molecular complexity index is 922. The van der Waals surface area contributed by atoms with Crippen LogP contribution in [0.1, 0.15) is 53.9 Å². The lowest BCUT2D eigenvalue weighted by Crippen LogP contribution is -2.31. The third kappa shape index (κ3) is 4.24. The lowest BCUT2D eigenvalue weighted by molar-refractivity contribution is 0.0929. The van der Waals surface area contributed by atoms with Crippen LogP contribution in [0.2, 0.25) is 0 Å². The molecule has 0 aliphatic heterocycles. The fourth-order valence-electron chi connectivity index (χ4n) is 3.21. The van der Waals surface area contributed by atoms with Gasteiger partial charge in [-0.1, -0.05) is 13.8 Å². The van der Waals surface area contributed by atoms with Gasteiger partial charge in [0.05, 0.1) is 17.4 Å². The normalized spacial score (nSPS) is 12.4. The Labute approximate surface area is 159 Å². The third-order valence-electron chi connectivity index (χ3n) is 4.45. The van der Waals surface area contributed by atoms with Crippen molar-refractivity contribution in [1.29, 1.82) is 0 Å². The van der Waals surface area contributed by atoms with E-state index in [1.165, 1.54) is 6.33 Å². The minimum Gasteiger partial charge on any atom is -0.342 e. The van der Waals surface area contributed by atoms with Crippen molar-refractivity contribution in [3.63, 3.8) is 0 Å². The molecule has 1 N–H and O–H groups in total. The molecule has 0 aliphatic rings. The third-order valence-corrected chi connectivity index (χ3v) is 4.45. The van der Waals surface area contributed by atoms with E-state index in [0.717, 1.165) is 29.3 Å². The molecule has 2 heterocycles. The van der Waals surface area contributed by atoms with E-state index in [0.29, 0.717) is 11.5 Å². The van der Waals surface area contributed by atoms with Gasteiger partial charge in [-0.15, -0.1) is 0 Å². The summed E-state index contributed by atoms with van der Waals surface area (Å²) in [4.78, 5) is 17.1. The number of carbonyl (C=O) groups excluding carboxylic acids is 1. The largest absolute Gasteiger partial charge is 0.342 e. The van der Waals surface area contributed by atoms with Crippen LogP contribution in [0.3, 0.4) is 0 Å². The molecule has 0 aliphatic carbocycles. The van der Waals surface area contributed by atoms with Gasteiger partial charge in [0.15, 0.2) is 0 Å². The zero-order valence-corrected chi connectivity index (χ0v) is 16.5. The molecular formula is C20H26N6O. The first-order chi connectivity index (χ1) is 12.8. The average molecular weight is 366 g/mol. The summed E-state index contributed by atoms with van der Waals surface area (Å²) < 4.78 is 3.58. The van der Waals surface area contributed by atoms with Crippen molar-refractivity contribution >= 4 is 5.91 Å². The Morgan fingerprint density at radius 2 is 1.89 bits per heavy atom. The number of rotatable bonds is 6. The maximum absolute atomic E-state index is 12.8. The molecule has 7 nitrogen and oxygen atoms in total. The van der Waals surface area contributed by atoms with Crippen molar-refractivity contribution in [2.24, 2.45) is 13.0 Å². The first kappa shape index (κ1) is 18.8. The number of hydrogen-bond acceptors (Lipinski definition) is 4. The Morgan fingerprint density at radius 1 is 1.19 bits per heavy atom. The van der Waals surface area contributed by atoms with Gasteiger partial charge < -0.3 is 5.32 Å². The summed E-state index contributed by atoms with van der Waals surface area (Å²) >= 11 is 0. The van der Waals surface area contributed by atoms with Gasteiger partial charge in [0.2, 0.25) is 0 Å². The number of benzene rings is 1. The minimum atomic E-state index is -0.180. The van der Waals surface area contributed by atoms with E-state index in [1.54, 1.807) is 4.68 Å². The fraction of sp³-hybridized carbons (Fsp3) is 0.400. The van der Waals surface area contributed by atoms with Crippen molar-refractivity contribution < 1.29 is 4.79 Å². The Kier molecular flexibility index (Phi) is 5.39. The SMILES string of the molecule is Cc1cc(C)n(-c2ccc(C(=O)N[C@@H](CC(C)C)c3ncnn3C)cc2)n1. The number of nitrogens with zero attached hydrogens (tertiary/aromatic N) is 5. The van der Waals surface area contributed by atoms with Gasteiger partial charge in [-0.3, -0.25) is 9.48 Å². The highest BCUT2D eigenvalue weighted by Gasteiger charge is 2.21. The first-order valence-electron chi connectivity index (χ1n) is 9.13. The number of aryl methyl sites for hydroxylation is 3. The second kappa shape index (κ2) is 7.73.